The zero-order valence-electron chi connectivity index (χ0n) is 19.3. The van der Waals surface area contributed by atoms with E-state index in [4.69, 9.17) is 9.47 Å². The van der Waals surface area contributed by atoms with Crippen molar-refractivity contribution in [2.24, 2.45) is 0 Å². The van der Waals surface area contributed by atoms with Crippen molar-refractivity contribution in [2.75, 3.05) is 24.7 Å². The van der Waals surface area contributed by atoms with E-state index in [-0.39, 0.29) is 44.6 Å². The minimum atomic E-state index is -0.272. The van der Waals surface area contributed by atoms with Gasteiger partial charge in [0.15, 0.2) is 0 Å². The van der Waals surface area contributed by atoms with Gasteiger partial charge in [0, 0.05) is 0 Å². The summed E-state index contributed by atoms with van der Waals surface area (Å²) in [5.74, 6) is -0.393. The number of carbonyl (C=O) groups excluding carboxylic acids is 2. The second-order valence-electron chi connectivity index (χ2n) is 6.60. The molecule has 0 spiro atoms. The molecular weight excluding hydrogens is 511 g/mol. The average Bonchev–Trinajstić information content (AvgIpc) is 2.74. The van der Waals surface area contributed by atoms with Gasteiger partial charge in [-0.3, -0.25) is 9.59 Å². The number of carbonyl (C=O) groups is 2. The van der Waals surface area contributed by atoms with Gasteiger partial charge in [0.05, 0.1) is 13.2 Å². The molecule has 0 saturated heterocycles. The van der Waals surface area contributed by atoms with E-state index in [0.717, 1.165) is 38.5 Å². The predicted octanol–water partition coefficient (Wildman–Crippen LogP) is 5.66. The van der Waals surface area contributed by atoms with Crippen LogP contribution in [0.15, 0.2) is 0 Å². The molecular formula is C22H44O4S2Sn. The molecule has 0 heterocycles. The van der Waals surface area contributed by atoms with Crippen LogP contribution in [0, 0.1) is 0 Å². The molecule has 0 fully saturated rings. The quantitative estimate of drug-likeness (QED) is 0.106. The average molecular weight is 555 g/mol. The van der Waals surface area contributed by atoms with E-state index in [9.17, 15) is 9.59 Å². The molecule has 0 aromatic heterocycles. The third kappa shape index (κ3) is 39.5. The van der Waals surface area contributed by atoms with Gasteiger partial charge in [-0.25, -0.2) is 0 Å². The van der Waals surface area contributed by atoms with Gasteiger partial charge in [0.25, 0.3) is 11.9 Å². The Balaban J connectivity index is -0.000000350. The fourth-order valence-corrected chi connectivity index (χ4v) is 6.21. The normalized spacial score (nSPS) is 9.31. The fourth-order valence-electron chi connectivity index (χ4n) is 1.89. The van der Waals surface area contributed by atoms with E-state index in [1.54, 1.807) is 8.87 Å². The first-order chi connectivity index (χ1) is 14.0. The Morgan fingerprint density at radius 1 is 0.621 bits per heavy atom. The Morgan fingerprint density at radius 2 is 0.966 bits per heavy atom. The van der Waals surface area contributed by atoms with Gasteiger partial charge >= 0.3 is 69.5 Å². The van der Waals surface area contributed by atoms with Gasteiger partial charge in [0.2, 0.25) is 0 Å². The summed E-state index contributed by atoms with van der Waals surface area (Å²) in [4.78, 5) is 20.9. The van der Waals surface area contributed by atoms with Crippen molar-refractivity contribution < 1.29 is 19.1 Å². The molecule has 0 rings (SSSR count). The first-order valence-corrected chi connectivity index (χ1v) is 16.4. The molecule has 0 N–H and O–H groups in total. The van der Waals surface area contributed by atoms with Crippen LogP contribution in [-0.2, 0) is 44.3 Å². The van der Waals surface area contributed by atoms with Crippen LogP contribution in [0.5, 0.6) is 0 Å². The zero-order valence-corrected chi connectivity index (χ0v) is 23.8. The van der Waals surface area contributed by atoms with Crippen LogP contribution >= 0.6 is 0 Å². The van der Waals surface area contributed by atoms with Crippen molar-refractivity contribution in [3.05, 3.63) is 0 Å². The molecule has 0 amide bonds. The van der Waals surface area contributed by atoms with Crippen molar-refractivity contribution in [1.82, 2.24) is 0 Å². The standard InChI is InChI=1S/2C7H14O2S.2C4H9.Sn/c2*1-2-3-4-5-9-7(8)6-10;2*1-3-4-2;/h2*10H,2-6H2,1H3;2*1,3-4H2,2H3;/q;;;;+2/p-2. The molecule has 0 aliphatic carbocycles. The van der Waals surface area contributed by atoms with E-state index >= 15 is 0 Å². The summed E-state index contributed by atoms with van der Waals surface area (Å²) in [5, 5.41) is 0. The molecule has 0 aliphatic rings. The van der Waals surface area contributed by atoms with E-state index in [0.29, 0.717) is 13.2 Å². The van der Waals surface area contributed by atoms with E-state index in [1.165, 1.54) is 25.7 Å². The second-order valence-corrected chi connectivity index (χ2v) is 11.5. The Bertz CT molecular complexity index is 302. The van der Waals surface area contributed by atoms with Crippen LogP contribution in [0.3, 0.4) is 0 Å². The molecule has 0 saturated carbocycles. The Morgan fingerprint density at radius 3 is 1.24 bits per heavy atom. The van der Waals surface area contributed by atoms with Gasteiger partial charge in [-0.2, -0.15) is 0 Å². The summed E-state index contributed by atoms with van der Waals surface area (Å²) in [7, 11) is 0. The molecule has 0 aromatic rings. The van der Waals surface area contributed by atoms with E-state index in [1.807, 2.05) is 0 Å². The third-order valence-corrected chi connectivity index (χ3v) is 8.18. The number of rotatable bonds is 16. The Labute approximate surface area is 202 Å². The van der Waals surface area contributed by atoms with Crippen molar-refractivity contribution in [3.63, 3.8) is 0 Å². The number of esters is 2. The molecule has 4 nitrogen and oxygen atoms in total. The maximum atomic E-state index is 10.4. The van der Waals surface area contributed by atoms with Crippen LogP contribution in [0.4, 0.5) is 0 Å². The van der Waals surface area contributed by atoms with Crippen LogP contribution in [0.1, 0.15) is 91.9 Å². The van der Waals surface area contributed by atoms with Crippen molar-refractivity contribution in [1.29, 1.82) is 0 Å². The van der Waals surface area contributed by atoms with Crippen molar-refractivity contribution >= 4 is 58.3 Å². The molecule has 0 aromatic carbocycles. The monoisotopic (exact) mass is 556 g/mol. The summed E-state index contributed by atoms with van der Waals surface area (Å²) in [6.07, 6.45) is 12.3. The zero-order chi connectivity index (χ0) is 22.6. The van der Waals surface area contributed by atoms with Crippen molar-refractivity contribution in [3.8, 4) is 0 Å². The predicted molar refractivity (Wildman–Crippen MR) is 131 cm³/mol. The maximum absolute atomic E-state index is 10.4. The molecule has 0 radical (unpaired) electrons. The van der Waals surface area contributed by atoms with Gasteiger partial charge in [-0.15, -0.1) is 0 Å². The SMILES string of the molecule is CCCCCOC(=O)C[S-].CCCCCOC(=O)C[S-].CCC[CH2][Sn+2][CH2]CCC. The Hall–Kier alpha value is 0.439. The number of unbranched alkanes of at least 4 members (excludes halogenated alkanes) is 6. The molecule has 0 aliphatic heterocycles. The summed E-state index contributed by atoms with van der Waals surface area (Å²) in [6, 6.07) is 0. The van der Waals surface area contributed by atoms with Crippen LogP contribution in [-0.4, -0.2) is 57.8 Å². The summed E-state index contributed by atoms with van der Waals surface area (Å²) in [5.41, 5.74) is 0. The summed E-state index contributed by atoms with van der Waals surface area (Å²) >= 11 is 9.11. The van der Waals surface area contributed by atoms with Crippen LogP contribution < -0.4 is 0 Å². The second kappa shape index (κ2) is 33.1. The summed E-state index contributed by atoms with van der Waals surface area (Å²) in [6.45, 7) is 9.86. The van der Waals surface area contributed by atoms with Crippen LogP contribution in [0.25, 0.3) is 0 Å². The van der Waals surface area contributed by atoms with Gasteiger partial charge < -0.3 is 34.7 Å². The van der Waals surface area contributed by atoms with Gasteiger partial charge in [-0.1, -0.05) is 51.0 Å². The molecule has 0 bridgehead atoms. The minimum absolute atomic E-state index is 0.0755. The number of hydrogen-bond donors (Lipinski definition) is 0. The molecule has 0 atom stereocenters. The Kier molecular flexibility index (Phi) is 38.9. The fraction of sp³-hybridized carbons (Fsp3) is 0.909. The van der Waals surface area contributed by atoms with Gasteiger partial charge in [-0.05, 0) is 12.8 Å². The molecule has 29 heavy (non-hydrogen) atoms. The van der Waals surface area contributed by atoms with E-state index in [2.05, 4.69) is 53.0 Å². The topological polar surface area (TPSA) is 52.6 Å². The number of ether oxygens (including phenoxy) is 2. The van der Waals surface area contributed by atoms with Crippen molar-refractivity contribution in [2.45, 2.75) is 101 Å². The number of hydrogen-bond acceptors (Lipinski definition) is 6. The first-order valence-electron chi connectivity index (χ1n) is 11.2. The molecule has 0 unspecified atom stereocenters. The van der Waals surface area contributed by atoms with Crippen LogP contribution in [0.2, 0.25) is 8.87 Å². The molecule has 7 heteroatoms. The van der Waals surface area contributed by atoms with Gasteiger partial charge in [0.1, 0.15) is 0 Å². The van der Waals surface area contributed by atoms with E-state index < -0.39 is 0 Å². The summed E-state index contributed by atoms with van der Waals surface area (Å²) < 4.78 is 12.7. The third-order valence-electron chi connectivity index (χ3n) is 3.67. The first kappa shape index (κ1) is 34.1. The molecule has 172 valence electrons.